The predicted molar refractivity (Wildman–Crippen MR) is 130 cm³/mol. The average Bonchev–Trinajstić information content (AvgIpc) is 2.68. The highest BCUT2D eigenvalue weighted by atomic mass is 28.4. The molecule has 1 aliphatic heterocycles. The number of esters is 1. The van der Waals surface area contributed by atoms with Gasteiger partial charge in [-0.2, -0.15) is 0 Å². The number of hydrogen-bond donors (Lipinski definition) is 4. The molecule has 0 aromatic heterocycles. The van der Waals surface area contributed by atoms with Crippen LogP contribution in [0.15, 0.2) is 12.2 Å². The van der Waals surface area contributed by atoms with Gasteiger partial charge in [-0.1, -0.05) is 47.0 Å². The maximum atomic E-state index is 12.4. The van der Waals surface area contributed by atoms with Crippen LogP contribution < -0.4 is 0 Å². The summed E-state index contributed by atoms with van der Waals surface area (Å²) in [6, 6.07) is 0.826. The molecule has 0 bridgehead atoms. The number of rotatable bonds is 11. The first kappa shape index (κ1) is 30.4. The minimum atomic E-state index is -2.12. The van der Waals surface area contributed by atoms with Crippen molar-refractivity contribution in [1.29, 1.82) is 0 Å². The molecule has 9 nitrogen and oxygen atoms in total. The minimum absolute atomic E-state index is 0.0535. The largest absolute Gasteiger partial charge is 0.459 e. The number of ether oxygens (including phenoxy) is 3. The van der Waals surface area contributed by atoms with Crippen molar-refractivity contribution in [2.45, 2.75) is 101 Å². The Kier molecular flexibility index (Phi) is 10.9. The maximum Gasteiger partial charge on any atom is 0.336 e. The summed E-state index contributed by atoms with van der Waals surface area (Å²) in [6.45, 7) is 20.2. The summed E-state index contributed by atoms with van der Waals surface area (Å²) in [5.74, 6) is -0.867. The van der Waals surface area contributed by atoms with Gasteiger partial charge in [0, 0.05) is 14.7 Å². The van der Waals surface area contributed by atoms with Crippen LogP contribution in [-0.2, 0) is 23.4 Å². The zero-order valence-corrected chi connectivity index (χ0v) is 23.3. The molecule has 0 aliphatic carbocycles. The van der Waals surface area contributed by atoms with Crippen molar-refractivity contribution in [2.75, 3.05) is 19.8 Å². The van der Waals surface area contributed by atoms with Gasteiger partial charge < -0.3 is 39.1 Å². The molecule has 0 aromatic carbocycles. The van der Waals surface area contributed by atoms with Crippen LogP contribution in [0.1, 0.15) is 20.8 Å². The number of aliphatic hydroxyl groups excluding tert-OH is 4. The molecule has 0 unspecified atom stereocenters. The normalized spacial score (nSPS) is 27.8. The lowest BCUT2D eigenvalue weighted by Gasteiger charge is -2.40. The zero-order chi connectivity index (χ0) is 25.8. The molecule has 0 radical (unpaired) electrons. The fourth-order valence-electron chi connectivity index (χ4n) is 2.66. The van der Waals surface area contributed by atoms with E-state index in [1.807, 2.05) is 13.1 Å². The van der Waals surface area contributed by atoms with E-state index < -0.39 is 65.8 Å². The fraction of sp³-hybridized carbons (Fsp3) is 0.864. The summed E-state index contributed by atoms with van der Waals surface area (Å²) in [7, 11) is -3.50. The first-order chi connectivity index (χ1) is 14.9. The molecule has 6 atom stereocenters. The number of carbonyl (C=O) groups is 1. The van der Waals surface area contributed by atoms with Gasteiger partial charge in [0.1, 0.15) is 37.1 Å². The number of hydrogen-bond acceptors (Lipinski definition) is 9. The Morgan fingerprint density at radius 2 is 1.64 bits per heavy atom. The van der Waals surface area contributed by atoms with Crippen LogP contribution in [-0.4, -0.2) is 99.4 Å². The summed E-state index contributed by atoms with van der Waals surface area (Å²) in [5, 5.41) is 40.8. The van der Waals surface area contributed by atoms with Gasteiger partial charge in [-0.15, -0.1) is 0 Å². The lowest BCUT2D eigenvalue weighted by molar-refractivity contribution is -0.300. The minimum Gasteiger partial charge on any atom is -0.459 e. The molecule has 1 saturated heterocycles. The Balaban J connectivity index is 2.62. The van der Waals surface area contributed by atoms with Gasteiger partial charge in [0.25, 0.3) is 0 Å². The van der Waals surface area contributed by atoms with E-state index in [0.717, 1.165) is 6.04 Å². The topological polar surface area (TPSA) is 135 Å². The molecule has 1 aliphatic rings. The molecule has 1 heterocycles. The second kappa shape index (κ2) is 11.9. The van der Waals surface area contributed by atoms with Crippen LogP contribution in [0, 0.1) is 0 Å². The highest BCUT2D eigenvalue weighted by molar-refractivity contribution is 6.76. The second-order valence-corrected chi connectivity index (χ2v) is 21.8. The Morgan fingerprint density at radius 1 is 1.06 bits per heavy atom. The van der Waals surface area contributed by atoms with E-state index in [2.05, 4.69) is 47.0 Å². The van der Waals surface area contributed by atoms with Gasteiger partial charge in [0.05, 0.1) is 12.2 Å². The highest BCUT2D eigenvalue weighted by Gasteiger charge is 2.45. The Labute approximate surface area is 199 Å². The van der Waals surface area contributed by atoms with E-state index in [1.165, 1.54) is 0 Å². The highest BCUT2D eigenvalue weighted by Crippen LogP contribution is 2.36. The van der Waals surface area contributed by atoms with Crippen LogP contribution in [0.25, 0.3) is 0 Å². The smallest absolute Gasteiger partial charge is 0.336 e. The first-order valence-electron chi connectivity index (χ1n) is 11.4. The molecule has 0 amide bonds. The summed E-state index contributed by atoms with van der Waals surface area (Å²) in [5.41, 5.74) is -0.178. The van der Waals surface area contributed by atoms with E-state index in [1.54, 1.807) is 0 Å². The van der Waals surface area contributed by atoms with Crippen LogP contribution in [0.3, 0.4) is 0 Å². The monoisotopic (exact) mass is 508 g/mol. The molecule has 4 N–H and O–H groups in total. The van der Waals surface area contributed by atoms with Crippen molar-refractivity contribution in [2.24, 2.45) is 0 Å². The molecule has 194 valence electrons. The standard InChI is InChI=1S/C22H44O9Si2/c1-14(15(23)12-30-33(8,9)22(2,3)4)20(27)29-13-16-17(24)18(25)19(26)21(31-16)28-10-11-32(5,6)7/h15-19,21,23-26H,1,10-13H2,2-9H3/t15-,16-,17-,18+,19-,21-/m1/s1. The van der Waals surface area contributed by atoms with Gasteiger partial charge in [-0.05, 0) is 24.2 Å². The quantitative estimate of drug-likeness (QED) is 0.187. The van der Waals surface area contributed by atoms with Gasteiger partial charge in [-0.3, -0.25) is 0 Å². The van der Waals surface area contributed by atoms with Crippen molar-refractivity contribution < 1.29 is 43.9 Å². The molecule has 1 rings (SSSR count). The van der Waals surface area contributed by atoms with Crippen molar-refractivity contribution >= 4 is 22.4 Å². The molecule has 0 saturated carbocycles. The Hall–Kier alpha value is -0.636. The number of carbonyl (C=O) groups excluding carboxylic acids is 1. The van der Waals surface area contributed by atoms with Crippen LogP contribution in [0.4, 0.5) is 0 Å². The summed E-state index contributed by atoms with van der Waals surface area (Å²) in [4.78, 5) is 12.4. The van der Waals surface area contributed by atoms with Crippen molar-refractivity contribution in [3.05, 3.63) is 12.2 Å². The summed E-state index contributed by atoms with van der Waals surface area (Å²) < 4.78 is 22.2. The lowest BCUT2D eigenvalue weighted by Crippen LogP contribution is -2.59. The van der Waals surface area contributed by atoms with E-state index in [-0.39, 0.29) is 17.2 Å². The van der Waals surface area contributed by atoms with Crippen molar-refractivity contribution in [1.82, 2.24) is 0 Å². The van der Waals surface area contributed by atoms with E-state index in [0.29, 0.717) is 6.61 Å². The SMILES string of the molecule is C=C(C(=O)OC[C@H]1O[C@@H](OCC[Si](C)(C)C)[C@H](O)[C@@H](O)[C@@H]1O)[C@H](O)CO[Si](C)(C)C(C)(C)C. The predicted octanol–water partition coefficient (Wildman–Crippen LogP) is 1.63. The third-order valence-corrected chi connectivity index (χ3v) is 12.5. The van der Waals surface area contributed by atoms with Gasteiger partial charge in [-0.25, -0.2) is 4.79 Å². The Bertz CT molecular complexity index is 657. The van der Waals surface area contributed by atoms with Gasteiger partial charge in [0.15, 0.2) is 14.6 Å². The van der Waals surface area contributed by atoms with E-state index in [9.17, 15) is 25.2 Å². The van der Waals surface area contributed by atoms with Gasteiger partial charge in [0.2, 0.25) is 0 Å². The third kappa shape index (κ3) is 9.15. The van der Waals surface area contributed by atoms with E-state index in [4.69, 9.17) is 18.6 Å². The molecular weight excluding hydrogens is 464 g/mol. The molecule has 1 fully saturated rings. The molecular formula is C22H44O9Si2. The molecule has 0 spiro atoms. The second-order valence-electron chi connectivity index (χ2n) is 11.4. The lowest BCUT2D eigenvalue weighted by atomic mass is 9.99. The third-order valence-electron chi connectivity index (χ3n) is 6.25. The van der Waals surface area contributed by atoms with E-state index >= 15 is 0 Å². The molecule has 33 heavy (non-hydrogen) atoms. The summed E-state index contributed by atoms with van der Waals surface area (Å²) >= 11 is 0. The zero-order valence-electron chi connectivity index (χ0n) is 21.3. The molecule has 11 heteroatoms. The molecule has 0 aromatic rings. The average molecular weight is 509 g/mol. The number of aliphatic hydroxyl groups is 4. The Morgan fingerprint density at radius 3 is 2.15 bits per heavy atom. The van der Waals surface area contributed by atoms with Crippen LogP contribution in [0.5, 0.6) is 0 Å². The maximum absolute atomic E-state index is 12.4. The van der Waals surface area contributed by atoms with Crippen LogP contribution in [0.2, 0.25) is 43.8 Å². The van der Waals surface area contributed by atoms with Crippen LogP contribution >= 0.6 is 0 Å². The van der Waals surface area contributed by atoms with Crippen molar-refractivity contribution in [3.8, 4) is 0 Å². The summed E-state index contributed by atoms with van der Waals surface area (Å²) in [6.07, 6.45) is -7.95. The fourth-order valence-corrected chi connectivity index (χ4v) is 4.40. The first-order valence-corrected chi connectivity index (χ1v) is 18.0. The van der Waals surface area contributed by atoms with Crippen molar-refractivity contribution in [3.63, 3.8) is 0 Å². The van der Waals surface area contributed by atoms with Gasteiger partial charge >= 0.3 is 5.97 Å².